The minimum absolute atomic E-state index is 0.346. The van der Waals surface area contributed by atoms with Gasteiger partial charge in [-0.2, -0.15) is 5.26 Å². The number of nitrogens with one attached hydrogen (secondary N) is 1. The van der Waals surface area contributed by atoms with Crippen LogP contribution in [0.15, 0.2) is 22.1 Å². The highest BCUT2D eigenvalue weighted by molar-refractivity contribution is 9.10. The van der Waals surface area contributed by atoms with Crippen molar-refractivity contribution in [2.75, 3.05) is 0 Å². The zero-order valence-corrected chi connectivity index (χ0v) is 9.52. The molecule has 0 atom stereocenters. The molecule has 0 saturated carbocycles. The van der Waals surface area contributed by atoms with Crippen LogP contribution < -0.4 is 0 Å². The molecule has 0 fully saturated rings. The molecule has 0 aliphatic heterocycles. The van der Waals surface area contributed by atoms with Gasteiger partial charge < -0.3 is 4.98 Å². The summed E-state index contributed by atoms with van der Waals surface area (Å²) in [5, 5.41) is 10.6. The number of hydrogen-bond acceptors (Lipinski definition) is 3. The Labute approximate surface area is 93.5 Å². The number of aromatic amines is 1. The summed E-state index contributed by atoms with van der Waals surface area (Å²) >= 11 is 4.93. The minimum atomic E-state index is 0.346. The number of thiophene rings is 1. The lowest BCUT2D eigenvalue weighted by Crippen LogP contribution is -1.81. The predicted octanol–water partition coefficient (Wildman–Crippen LogP) is 2.97. The molecule has 70 valence electrons. The van der Waals surface area contributed by atoms with Crippen LogP contribution in [0.5, 0.6) is 0 Å². The Morgan fingerprint density at radius 2 is 2.50 bits per heavy atom. The SMILES string of the molecule is N#CCc1[nH]c(-c2cccs2)nc1Br. The molecule has 2 aromatic rings. The Hall–Kier alpha value is -1.12. The zero-order valence-electron chi connectivity index (χ0n) is 7.12. The molecule has 2 heterocycles. The first-order chi connectivity index (χ1) is 6.81. The number of nitrogens with zero attached hydrogens (tertiary/aromatic N) is 2. The molecule has 0 aliphatic rings. The van der Waals surface area contributed by atoms with Crippen molar-refractivity contribution in [2.45, 2.75) is 6.42 Å². The van der Waals surface area contributed by atoms with E-state index in [1.54, 1.807) is 11.3 Å². The zero-order chi connectivity index (χ0) is 9.97. The fourth-order valence-electron chi connectivity index (χ4n) is 1.11. The monoisotopic (exact) mass is 267 g/mol. The van der Waals surface area contributed by atoms with Gasteiger partial charge in [-0.25, -0.2) is 4.98 Å². The molecule has 0 radical (unpaired) electrons. The van der Waals surface area contributed by atoms with E-state index >= 15 is 0 Å². The molecule has 5 heteroatoms. The van der Waals surface area contributed by atoms with Gasteiger partial charge in [0.05, 0.1) is 23.1 Å². The largest absolute Gasteiger partial charge is 0.339 e. The van der Waals surface area contributed by atoms with Crippen molar-refractivity contribution in [3.05, 3.63) is 27.8 Å². The number of rotatable bonds is 2. The van der Waals surface area contributed by atoms with Gasteiger partial charge in [0, 0.05) is 0 Å². The fraction of sp³-hybridized carbons (Fsp3) is 0.111. The summed E-state index contributed by atoms with van der Waals surface area (Å²) in [5.74, 6) is 0.817. The average Bonchev–Trinajstić information content (AvgIpc) is 2.76. The quantitative estimate of drug-likeness (QED) is 0.910. The van der Waals surface area contributed by atoms with Crippen molar-refractivity contribution in [1.29, 1.82) is 5.26 Å². The van der Waals surface area contributed by atoms with E-state index in [1.807, 2.05) is 17.5 Å². The molecule has 0 bridgehead atoms. The maximum atomic E-state index is 8.57. The normalized spacial score (nSPS) is 10.0. The smallest absolute Gasteiger partial charge is 0.149 e. The summed E-state index contributed by atoms with van der Waals surface area (Å²) in [7, 11) is 0. The van der Waals surface area contributed by atoms with E-state index in [0.29, 0.717) is 6.42 Å². The molecular formula is C9H6BrN3S. The van der Waals surface area contributed by atoms with Crippen LogP contribution in [-0.4, -0.2) is 9.97 Å². The Morgan fingerprint density at radius 3 is 3.14 bits per heavy atom. The van der Waals surface area contributed by atoms with Gasteiger partial charge in [-0.15, -0.1) is 11.3 Å². The predicted molar refractivity (Wildman–Crippen MR) is 58.9 cm³/mol. The van der Waals surface area contributed by atoms with E-state index in [9.17, 15) is 0 Å². The van der Waals surface area contributed by atoms with Crippen LogP contribution in [0.4, 0.5) is 0 Å². The number of imidazole rings is 1. The molecule has 0 amide bonds. The van der Waals surface area contributed by atoms with Crippen LogP contribution in [0.3, 0.4) is 0 Å². The standard InChI is InChI=1S/C9H6BrN3S/c10-8-6(3-4-11)12-9(13-8)7-2-1-5-14-7/h1-2,5H,3H2,(H,12,13). The Bertz CT molecular complexity index is 467. The number of H-pyrrole nitrogens is 1. The average molecular weight is 268 g/mol. The van der Waals surface area contributed by atoms with Crippen molar-refractivity contribution >= 4 is 27.3 Å². The van der Waals surface area contributed by atoms with Gasteiger partial charge in [-0.3, -0.25) is 0 Å². The Balaban J connectivity index is 2.39. The van der Waals surface area contributed by atoms with Gasteiger partial charge in [0.1, 0.15) is 10.4 Å². The molecule has 2 rings (SSSR count). The highest BCUT2D eigenvalue weighted by Crippen LogP contribution is 2.25. The first-order valence-corrected chi connectivity index (χ1v) is 5.63. The Kier molecular flexibility index (Phi) is 2.66. The minimum Gasteiger partial charge on any atom is -0.339 e. The molecule has 3 nitrogen and oxygen atoms in total. The summed E-state index contributed by atoms with van der Waals surface area (Å²) in [6, 6.07) is 6.05. The van der Waals surface area contributed by atoms with Crippen LogP contribution in [-0.2, 0) is 6.42 Å². The van der Waals surface area contributed by atoms with Gasteiger partial charge in [-0.05, 0) is 27.4 Å². The number of hydrogen-bond donors (Lipinski definition) is 1. The lowest BCUT2D eigenvalue weighted by molar-refractivity contribution is 1.15. The lowest BCUT2D eigenvalue weighted by Gasteiger charge is -1.87. The second-order valence-electron chi connectivity index (χ2n) is 2.67. The molecule has 14 heavy (non-hydrogen) atoms. The third kappa shape index (κ3) is 1.72. The van der Waals surface area contributed by atoms with E-state index in [0.717, 1.165) is 21.0 Å². The van der Waals surface area contributed by atoms with E-state index in [-0.39, 0.29) is 0 Å². The van der Waals surface area contributed by atoms with Crippen LogP contribution in [0.2, 0.25) is 0 Å². The third-order valence-corrected chi connectivity index (χ3v) is 3.27. The molecule has 0 saturated heterocycles. The van der Waals surface area contributed by atoms with Gasteiger partial charge in [0.2, 0.25) is 0 Å². The highest BCUT2D eigenvalue weighted by atomic mass is 79.9. The maximum Gasteiger partial charge on any atom is 0.149 e. The third-order valence-electron chi connectivity index (χ3n) is 1.74. The topological polar surface area (TPSA) is 52.5 Å². The van der Waals surface area contributed by atoms with Gasteiger partial charge in [-0.1, -0.05) is 6.07 Å². The van der Waals surface area contributed by atoms with E-state index in [1.165, 1.54) is 0 Å². The second-order valence-corrected chi connectivity index (χ2v) is 4.37. The number of aromatic nitrogens is 2. The molecule has 2 aromatic heterocycles. The highest BCUT2D eigenvalue weighted by Gasteiger charge is 2.09. The first kappa shape index (κ1) is 9.44. The molecule has 0 spiro atoms. The number of nitriles is 1. The van der Waals surface area contributed by atoms with E-state index in [4.69, 9.17) is 5.26 Å². The van der Waals surface area contributed by atoms with Gasteiger partial charge in [0.25, 0.3) is 0 Å². The van der Waals surface area contributed by atoms with Crippen LogP contribution in [0.1, 0.15) is 5.69 Å². The van der Waals surface area contributed by atoms with Crippen molar-refractivity contribution in [2.24, 2.45) is 0 Å². The van der Waals surface area contributed by atoms with Crippen molar-refractivity contribution in [1.82, 2.24) is 9.97 Å². The molecule has 1 N–H and O–H groups in total. The molecule has 0 aromatic carbocycles. The van der Waals surface area contributed by atoms with Crippen LogP contribution >= 0.6 is 27.3 Å². The van der Waals surface area contributed by atoms with Gasteiger partial charge in [0.15, 0.2) is 0 Å². The maximum absolute atomic E-state index is 8.57. The van der Waals surface area contributed by atoms with Gasteiger partial charge >= 0.3 is 0 Å². The van der Waals surface area contributed by atoms with Crippen LogP contribution in [0, 0.1) is 11.3 Å². The van der Waals surface area contributed by atoms with E-state index < -0.39 is 0 Å². The summed E-state index contributed by atoms with van der Waals surface area (Å²) < 4.78 is 0.724. The summed E-state index contributed by atoms with van der Waals surface area (Å²) in [5.41, 5.74) is 0.830. The van der Waals surface area contributed by atoms with Crippen molar-refractivity contribution < 1.29 is 0 Å². The van der Waals surface area contributed by atoms with Crippen molar-refractivity contribution in [3.8, 4) is 16.8 Å². The summed E-state index contributed by atoms with van der Waals surface area (Å²) in [6.07, 6.45) is 0.346. The molecule has 0 unspecified atom stereocenters. The summed E-state index contributed by atoms with van der Waals surface area (Å²) in [6.45, 7) is 0. The fourth-order valence-corrected chi connectivity index (χ4v) is 2.20. The van der Waals surface area contributed by atoms with Crippen molar-refractivity contribution in [3.63, 3.8) is 0 Å². The summed E-state index contributed by atoms with van der Waals surface area (Å²) in [4.78, 5) is 8.49. The number of halogens is 1. The lowest BCUT2D eigenvalue weighted by atomic mass is 10.4. The molecule has 0 aliphatic carbocycles. The van der Waals surface area contributed by atoms with Crippen LogP contribution in [0.25, 0.3) is 10.7 Å². The second kappa shape index (κ2) is 3.95. The molecular weight excluding hydrogens is 262 g/mol. The van der Waals surface area contributed by atoms with E-state index in [2.05, 4.69) is 32.0 Å². The first-order valence-electron chi connectivity index (χ1n) is 3.96. The Morgan fingerprint density at radius 1 is 1.64 bits per heavy atom.